The van der Waals surface area contributed by atoms with Crippen LogP contribution in [0.2, 0.25) is 0 Å². The predicted molar refractivity (Wildman–Crippen MR) is 169 cm³/mol. The predicted octanol–water partition coefficient (Wildman–Crippen LogP) is 5.20. The number of carbonyl (C=O) groups is 1. The number of rotatable bonds is 13. The molecule has 4 N–H and O–H groups in total. The lowest BCUT2D eigenvalue weighted by atomic mass is 9.79. The van der Waals surface area contributed by atoms with Crippen molar-refractivity contribution in [2.24, 2.45) is 0 Å². The fourth-order valence-electron chi connectivity index (χ4n) is 7.37. The zero-order chi connectivity index (χ0) is 30.6. The number of carboxylic acid groups (broad SMARTS) is 1. The third-order valence-corrected chi connectivity index (χ3v) is 8.25. The van der Waals surface area contributed by atoms with Gasteiger partial charge in [0.05, 0.1) is 0 Å². The van der Waals surface area contributed by atoms with Crippen LogP contribution in [0, 0.1) is 0 Å². The van der Waals surface area contributed by atoms with Crippen LogP contribution in [0.4, 0.5) is 17.8 Å². The molecule has 0 amide bonds. The van der Waals surface area contributed by atoms with Crippen LogP contribution in [0.1, 0.15) is 121 Å². The second kappa shape index (κ2) is 13.0. The van der Waals surface area contributed by atoms with Crippen molar-refractivity contribution in [2.45, 2.75) is 155 Å². The first-order chi connectivity index (χ1) is 18.9. The Kier molecular flexibility index (Phi) is 10.5. The molecule has 234 valence electrons. The highest BCUT2D eigenvalue weighted by Gasteiger charge is 2.42. The fraction of sp³-hybridized carbons (Fsp3) is 0.871. The standard InChI is InChI=1S/C31H58N8O2/c1-11-13-15-38(22-17-28(3,4)36-29(5,6)18-22)26-33-25(32-21-24(40)41)34-27(35-26)39(16-14-12-2)23-19-30(7,8)37-31(9,10)20-23/h22-23,36-37H,11-21H2,1-10H3,(H,40,41)(H,32,33,34,35). The van der Waals surface area contributed by atoms with Crippen molar-refractivity contribution < 1.29 is 9.90 Å². The van der Waals surface area contributed by atoms with Crippen molar-refractivity contribution in [2.75, 3.05) is 34.8 Å². The first kappa shape index (κ1) is 33.3. The Bertz CT molecular complexity index is 925. The summed E-state index contributed by atoms with van der Waals surface area (Å²) in [4.78, 5) is 31.2. The van der Waals surface area contributed by atoms with Gasteiger partial charge < -0.3 is 30.9 Å². The molecule has 1 aromatic rings. The highest BCUT2D eigenvalue weighted by atomic mass is 16.4. The fourth-order valence-corrected chi connectivity index (χ4v) is 7.37. The number of hydrogen-bond acceptors (Lipinski definition) is 9. The first-order valence-electron chi connectivity index (χ1n) is 15.8. The SMILES string of the molecule is CCCCN(c1nc(NCC(=O)O)nc(N(CCCC)C2CC(C)(C)NC(C)(C)C2)n1)C1CC(C)(C)NC(C)(C)C1. The largest absolute Gasteiger partial charge is 0.480 e. The number of nitrogens with zero attached hydrogens (tertiary/aromatic N) is 5. The summed E-state index contributed by atoms with van der Waals surface area (Å²) in [5.74, 6) is 0.672. The lowest BCUT2D eigenvalue weighted by molar-refractivity contribution is -0.134. The van der Waals surface area contributed by atoms with E-state index in [2.05, 4.69) is 95.0 Å². The van der Waals surface area contributed by atoms with Gasteiger partial charge in [-0.2, -0.15) is 15.0 Å². The van der Waals surface area contributed by atoms with Gasteiger partial charge in [-0.1, -0.05) is 26.7 Å². The van der Waals surface area contributed by atoms with Crippen LogP contribution in [0.3, 0.4) is 0 Å². The number of anilines is 3. The Morgan fingerprint density at radius 2 is 1.12 bits per heavy atom. The van der Waals surface area contributed by atoms with Crippen molar-refractivity contribution in [1.82, 2.24) is 25.6 Å². The lowest BCUT2D eigenvalue weighted by Crippen LogP contribution is -2.63. The molecule has 2 aliphatic rings. The number of unbranched alkanes of at least 4 members (excludes halogenated alkanes) is 2. The summed E-state index contributed by atoms with van der Waals surface area (Å²) >= 11 is 0. The molecule has 3 rings (SSSR count). The molecule has 0 unspecified atom stereocenters. The molecule has 41 heavy (non-hydrogen) atoms. The van der Waals surface area contributed by atoms with Gasteiger partial charge in [-0.15, -0.1) is 0 Å². The topological polar surface area (TPSA) is 119 Å². The maximum Gasteiger partial charge on any atom is 0.322 e. The summed E-state index contributed by atoms with van der Waals surface area (Å²) in [6, 6.07) is 0.493. The van der Waals surface area contributed by atoms with E-state index in [9.17, 15) is 9.90 Å². The summed E-state index contributed by atoms with van der Waals surface area (Å²) in [7, 11) is 0. The molecule has 0 saturated carbocycles. The minimum atomic E-state index is -0.942. The molecular weight excluding hydrogens is 516 g/mol. The molecule has 0 atom stereocenters. The summed E-state index contributed by atoms with van der Waals surface area (Å²) in [6.45, 7) is 24.0. The van der Waals surface area contributed by atoms with Crippen molar-refractivity contribution in [3.05, 3.63) is 0 Å². The van der Waals surface area contributed by atoms with Crippen molar-refractivity contribution in [3.63, 3.8) is 0 Å². The van der Waals surface area contributed by atoms with Crippen LogP contribution in [0.25, 0.3) is 0 Å². The van der Waals surface area contributed by atoms with Gasteiger partial charge in [0.1, 0.15) is 6.54 Å². The van der Waals surface area contributed by atoms with Crippen molar-refractivity contribution in [1.29, 1.82) is 0 Å². The highest BCUT2D eigenvalue weighted by Crippen LogP contribution is 2.36. The Balaban J connectivity index is 2.12. The smallest absolute Gasteiger partial charge is 0.322 e. The molecule has 2 aliphatic heterocycles. The highest BCUT2D eigenvalue weighted by molar-refractivity contribution is 5.72. The van der Waals surface area contributed by atoms with Crippen LogP contribution in [0.15, 0.2) is 0 Å². The molecule has 0 spiro atoms. The van der Waals surface area contributed by atoms with Crippen molar-refractivity contribution >= 4 is 23.8 Å². The molecule has 10 nitrogen and oxygen atoms in total. The van der Waals surface area contributed by atoms with E-state index >= 15 is 0 Å². The van der Waals surface area contributed by atoms with E-state index in [0.29, 0.717) is 17.8 Å². The number of nitrogens with one attached hydrogen (secondary N) is 3. The van der Waals surface area contributed by atoms with E-state index in [4.69, 9.17) is 15.0 Å². The van der Waals surface area contributed by atoms with Gasteiger partial charge in [-0.05, 0) is 93.9 Å². The Labute approximate surface area is 248 Å². The number of hydrogen-bond donors (Lipinski definition) is 4. The van der Waals surface area contributed by atoms with Crippen molar-refractivity contribution in [3.8, 4) is 0 Å². The van der Waals surface area contributed by atoms with E-state index < -0.39 is 5.97 Å². The van der Waals surface area contributed by atoms with Gasteiger partial charge in [-0.25, -0.2) is 0 Å². The molecule has 10 heteroatoms. The summed E-state index contributed by atoms with van der Waals surface area (Å²) in [6.07, 6.45) is 8.06. The van der Waals surface area contributed by atoms with E-state index in [1.165, 1.54) is 0 Å². The van der Waals surface area contributed by atoms with E-state index in [1.807, 2.05) is 0 Å². The summed E-state index contributed by atoms with van der Waals surface area (Å²) < 4.78 is 0. The average molecular weight is 575 g/mol. The molecule has 2 saturated heterocycles. The van der Waals surface area contributed by atoms with Crippen LogP contribution >= 0.6 is 0 Å². The van der Waals surface area contributed by atoms with Crippen LogP contribution in [-0.4, -0.2) is 79.9 Å². The zero-order valence-corrected chi connectivity index (χ0v) is 27.5. The maximum atomic E-state index is 11.5. The first-order valence-corrected chi connectivity index (χ1v) is 15.8. The zero-order valence-electron chi connectivity index (χ0n) is 27.5. The van der Waals surface area contributed by atoms with Gasteiger partial charge in [-0.3, -0.25) is 4.79 Å². The Hall–Kier alpha value is -2.20. The minimum absolute atomic E-state index is 0.0312. The third-order valence-electron chi connectivity index (χ3n) is 8.25. The molecule has 2 fully saturated rings. The second-order valence-corrected chi connectivity index (χ2v) is 15.0. The van der Waals surface area contributed by atoms with Gasteiger partial charge in [0.25, 0.3) is 0 Å². The van der Waals surface area contributed by atoms with Gasteiger partial charge in [0, 0.05) is 47.3 Å². The monoisotopic (exact) mass is 574 g/mol. The Morgan fingerprint density at radius 1 is 0.756 bits per heavy atom. The summed E-state index contributed by atoms with van der Waals surface area (Å²) in [5.41, 5.74) is -0.125. The maximum absolute atomic E-state index is 11.5. The van der Waals surface area contributed by atoms with Crippen LogP contribution in [-0.2, 0) is 4.79 Å². The van der Waals surface area contributed by atoms with Crippen LogP contribution in [0.5, 0.6) is 0 Å². The number of aromatic nitrogens is 3. The van der Waals surface area contributed by atoms with E-state index in [1.54, 1.807) is 0 Å². The normalized spacial score (nSPS) is 21.8. The summed E-state index contributed by atoms with van der Waals surface area (Å²) in [5, 5.41) is 20.0. The second-order valence-electron chi connectivity index (χ2n) is 15.0. The van der Waals surface area contributed by atoms with Crippen LogP contribution < -0.4 is 25.8 Å². The molecule has 0 aromatic carbocycles. The van der Waals surface area contributed by atoms with E-state index in [-0.39, 0.29) is 40.8 Å². The lowest BCUT2D eigenvalue weighted by Gasteiger charge is -2.50. The molecule has 0 bridgehead atoms. The quantitative estimate of drug-likeness (QED) is 0.250. The molecule has 0 radical (unpaired) electrons. The minimum Gasteiger partial charge on any atom is -0.480 e. The molecule has 3 heterocycles. The average Bonchev–Trinajstić information content (AvgIpc) is 2.79. The van der Waals surface area contributed by atoms with E-state index in [0.717, 1.165) is 64.5 Å². The number of piperidine rings is 2. The molecule has 1 aromatic heterocycles. The van der Waals surface area contributed by atoms with Gasteiger partial charge in [0.15, 0.2) is 0 Å². The number of aliphatic carboxylic acids is 1. The molecule has 0 aliphatic carbocycles. The molecular formula is C31H58N8O2. The Morgan fingerprint density at radius 3 is 1.44 bits per heavy atom. The number of carboxylic acids is 1. The van der Waals surface area contributed by atoms with Gasteiger partial charge >= 0.3 is 5.97 Å². The third kappa shape index (κ3) is 9.66. The van der Waals surface area contributed by atoms with Gasteiger partial charge in [0.2, 0.25) is 17.8 Å².